The number of nitrogens with one attached hydrogen (secondary N) is 1. The standard InChI is InChI=1S/C24H46N4O4/c1-3-18-28(19-16-25)22(29)15-14-21(26)24(31)27-17-12-10-8-6-5-7-9-11-13-23(30)32-20-4-2/h4,21H,2-3,5-20,25-26H2,1H3,(H,27,31)/t21-/m0/s1. The van der Waals surface area contributed by atoms with Crippen LogP contribution < -0.4 is 16.8 Å². The van der Waals surface area contributed by atoms with Gasteiger partial charge in [0.15, 0.2) is 0 Å². The summed E-state index contributed by atoms with van der Waals surface area (Å²) in [5, 5.41) is 2.87. The molecule has 32 heavy (non-hydrogen) atoms. The van der Waals surface area contributed by atoms with Gasteiger partial charge < -0.3 is 26.4 Å². The van der Waals surface area contributed by atoms with Crippen molar-refractivity contribution in [3.05, 3.63) is 12.7 Å². The van der Waals surface area contributed by atoms with E-state index in [1.54, 1.807) is 11.0 Å². The molecule has 8 nitrogen and oxygen atoms in total. The largest absolute Gasteiger partial charge is 0.461 e. The highest BCUT2D eigenvalue weighted by Crippen LogP contribution is 2.10. The summed E-state index contributed by atoms with van der Waals surface area (Å²) in [6.07, 6.45) is 12.0. The first-order valence-corrected chi connectivity index (χ1v) is 12.2. The monoisotopic (exact) mass is 454 g/mol. The Bertz CT molecular complexity index is 522. The Balaban J connectivity index is 3.65. The molecule has 0 aliphatic rings. The molecule has 1 atom stereocenters. The van der Waals surface area contributed by atoms with Crippen molar-refractivity contribution in [3.8, 4) is 0 Å². The summed E-state index contributed by atoms with van der Waals surface area (Å²) in [5.41, 5.74) is 11.5. The van der Waals surface area contributed by atoms with Gasteiger partial charge >= 0.3 is 5.97 Å². The molecule has 5 N–H and O–H groups in total. The number of esters is 1. The zero-order chi connectivity index (χ0) is 24.0. The molecule has 2 amide bonds. The number of ether oxygens (including phenoxy) is 1. The number of hydrogen-bond acceptors (Lipinski definition) is 6. The summed E-state index contributed by atoms with van der Waals surface area (Å²) in [6, 6.07) is -0.658. The quantitative estimate of drug-likeness (QED) is 0.139. The molecule has 8 heteroatoms. The van der Waals surface area contributed by atoms with Crippen LogP contribution in [0.2, 0.25) is 0 Å². The zero-order valence-electron chi connectivity index (χ0n) is 20.1. The molecule has 0 aliphatic carbocycles. The Morgan fingerprint density at radius 2 is 1.62 bits per heavy atom. The highest BCUT2D eigenvalue weighted by Gasteiger charge is 2.17. The van der Waals surface area contributed by atoms with Crippen molar-refractivity contribution in [2.75, 3.05) is 32.8 Å². The fourth-order valence-electron chi connectivity index (χ4n) is 3.38. The maximum atomic E-state index is 12.2. The average Bonchev–Trinajstić information content (AvgIpc) is 2.78. The predicted octanol–water partition coefficient (Wildman–Crippen LogP) is 2.65. The highest BCUT2D eigenvalue weighted by molar-refractivity contribution is 5.83. The maximum Gasteiger partial charge on any atom is 0.306 e. The van der Waals surface area contributed by atoms with E-state index in [9.17, 15) is 14.4 Å². The Morgan fingerprint density at radius 3 is 2.22 bits per heavy atom. The van der Waals surface area contributed by atoms with E-state index in [1.807, 2.05) is 6.92 Å². The molecule has 0 fully saturated rings. The minimum Gasteiger partial charge on any atom is -0.461 e. The van der Waals surface area contributed by atoms with Crippen molar-refractivity contribution in [2.24, 2.45) is 11.5 Å². The van der Waals surface area contributed by atoms with Crippen LogP contribution in [-0.2, 0) is 19.1 Å². The number of hydrogen-bond donors (Lipinski definition) is 3. The summed E-state index contributed by atoms with van der Waals surface area (Å²) in [4.78, 5) is 37.4. The molecule has 0 heterocycles. The molecule has 0 bridgehead atoms. The van der Waals surface area contributed by atoms with Gasteiger partial charge in [-0.15, -0.1) is 0 Å². The molecule has 0 rings (SSSR count). The minimum absolute atomic E-state index is 0.00757. The van der Waals surface area contributed by atoms with E-state index < -0.39 is 6.04 Å². The lowest BCUT2D eigenvalue weighted by Gasteiger charge is -2.22. The Morgan fingerprint density at radius 1 is 1.00 bits per heavy atom. The van der Waals surface area contributed by atoms with E-state index in [0.29, 0.717) is 39.0 Å². The van der Waals surface area contributed by atoms with Crippen molar-refractivity contribution in [1.82, 2.24) is 10.2 Å². The van der Waals surface area contributed by atoms with Crippen LogP contribution in [0, 0.1) is 0 Å². The SMILES string of the molecule is C=CCOC(=O)CCCCCCCCCCNC(=O)[C@@H](N)CCC(=O)N(CCC)CCN. The van der Waals surface area contributed by atoms with Crippen LogP contribution in [0.5, 0.6) is 0 Å². The maximum absolute atomic E-state index is 12.2. The third kappa shape index (κ3) is 16.7. The molecule has 0 spiro atoms. The minimum atomic E-state index is -0.658. The van der Waals surface area contributed by atoms with Crippen molar-refractivity contribution >= 4 is 17.8 Å². The van der Waals surface area contributed by atoms with Gasteiger partial charge in [0.2, 0.25) is 11.8 Å². The molecule has 186 valence electrons. The summed E-state index contributed by atoms with van der Waals surface area (Å²) >= 11 is 0. The molecular weight excluding hydrogens is 408 g/mol. The second-order valence-electron chi connectivity index (χ2n) is 8.16. The second kappa shape index (κ2) is 20.9. The fraction of sp³-hybridized carbons (Fsp3) is 0.792. The van der Waals surface area contributed by atoms with Crippen LogP contribution >= 0.6 is 0 Å². The summed E-state index contributed by atoms with van der Waals surface area (Å²) in [7, 11) is 0. The van der Waals surface area contributed by atoms with E-state index in [2.05, 4.69) is 11.9 Å². The van der Waals surface area contributed by atoms with Crippen LogP contribution in [0.25, 0.3) is 0 Å². The van der Waals surface area contributed by atoms with Gasteiger partial charge in [0.05, 0.1) is 6.04 Å². The molecule has 0 saturated heterocycles. The number of rotatable bonds is 21. The number of nitrogens with two attached hydrogens (primary N) is 2. The third-order valence-electron chi connectivity index (χ3n) is 5.22. The molecule has 0 saturated carbocycles. The number of carbonyl (C=O) groups excluding carboxylic acids is 3. The van der Waals surface area contributed by atoms with Gasteiger partial charge in [0.25, 0.3) is 0 Å². The molecule has 0 aromatic heterocycles. The van der Waals surface area contributed by atoms with Crippen molar-refractivity contribution in [2.45, 2.75) is 90.0 Å². The first-order chi connectivity index (χ1) is 15.5. The van der Waals surface area contributed by atoms with E-state index >= 15 is 0 Å². The van der Waals surface area contributed by atoms with E-state index in [1.165, 1.54) is 0 Å². The molecule has 0 aliphatic heterocycles. The van der Waals surface area contributed by atoms with Crippen LogP contribution in [0.1, 0.15) is 84.0 Å². The van der Waals surface area contributed by atoms with Crippen LogP contribution in [0.3, 0.4) is 0 Å². The number of amides is 2. The Labute approximate surface area is 194 Å². The molecular formula is C24H46N4O4. The van der Waals surface area contributed by atoms with Gasteiger partial charge in [0, 0.05) is 39.0 Å². The molecule has 0 radical (unpaired) electrons. The number of carbonyl (C=O) groups is 3. The Kier molecular flexibility index (Phi) is 19.7. The van der Waals surface area contributed by atoms with Crippen molar-refractivity contribution in [1.29, 1.82) is 0 Å². The summed E-state index contributed by atoms with van der Waals surface area (Å²) in [6.45, 7) is 8.09. The normalized spacial score (nSPS) is 11.6. The molecule has 0 unspecified atom stereocenters. The first kappa shape index (κ1) is 30.1. The van der Waals surface area contributed by atoms with Gasteiger partial charge in [-0.3, -0.25) is 14.4 Å². The smallest absolute Gasteiger partial charge is 0.306 e. The van der Waals surface area contributed by atoms with E-state index in [4.69, 9.17) is 16.2 Å². The molecule has 0 aromatic rings. The van der Waals surface area contributed by atoms with Crippen molar-refractivity contribution < 1.29 is 19.1 Å². The van der Waals surface area contributed by atoms with E-state index in [0.717, 1.165) is 57.8 Å². The highest BCUT2D eigenvalue weighted by atomic mass is 16.5. The van der Waals surface area contributed by atoms with Gasteiger partial charge in [-0.1, -0.05) is 58.1 Å². The topological polar surface area (TPSA) is 128 Å². The second-order valence-corrected chi connectivity index (χ2v) is 8.16. The average molecular weight is 455 g/mol. The number of nitrogens with zero attached hydrogens (tertiary/aromatic N) is 1. The van der Waals surface area contributed by atoms with Crippen LogP contribution in [0.15, 0.2) is 12.7 Å². The van der Waals surface area contributed by atoms with Crippen LogP contribution in [-0.4, -0.2) is 61.5 Å². The summed E-state index contributed by atoms with van der Waals surface area (Å²) in [5.74, 6) is -0.332. The van der Waals surface area contributed by atoms with Crippen LogP contribution in [0.4, 0.5) is 0 Å². The lowest BCUT2D eigenvalue weighted by Crippen LogP contribution is -2.42. The van der Waals surface area contributed by atoms with Gasteiger partial charge in [-0.05, 0) is 25.7 Å². The number of unbranched alkanes of at least 4 members (excludes halogenated alkanes) is 7. The van der Waals surface area contributed by atoms with Gasteiger partial charge in [0.1, 0.15) is 6.61 Å². The third-order valence-corrected chi connectivity index (χ3v) is 5.22. The van der Waals surface area contributed by atoms with E-state index in [-0.39, 0.29) is 30.8 Å². The predicted molar refractivity (Wildman–Crippen MR) is 129 cm³/mol. The first-order valence-electron chi connectivity index (χ1n) is 12.2. The Hall–Kier alpha value is -1.93. The van der Waals surface area contributed by atoms with Crippen molar-refractivity contribution in [3.63, 3.8) is 0 Å². The lowest BCUT2D eigenvalue weighted by molar-refractivity contribution is -0.142. The van der Waals surface area contributed by atoms with Gasteiger partial charge in [-0.25, -0.2) is 0 Å². The van der Waals surface area contributed by atoms with Gasteiger partial charge in [-0.2, -0.15) is 0 Å². The fourth-order valence-corrected chi connectivity index (χ4v) is 3.38. The zero-order valence-corrected chi connectivity index (χ0v) is 20.1. The lowest BCUT2D eigenvalue weighted by atomic mass is 10.1. The summed E-state index contributed by atoms with van der Waals surface area (Å²) < 4.78 is 4.94. The molecule has 0 aromatic carbocycles.